The van der Waals surface area contributed by atoms with Crippen LogP contribution < -0.4 is 10.2 Å². The first-order valence-electron chi connectivity index (χ1n) is 14.6. The summed E-state index contributed by atoms with van der Waals surface area (Å²) in [6, 6.07) is 5.70. The minimum atomic E-state index is -1.37. The lowest BCUT2D eigenvalue weighted by atomic mass is 10.00. The van der Waals surface area contributed by atoms with Gasteiger partial charge in [-0.05, 0) is 38.4 Å². The van der Waals surface area contributed by atoms with Gasteiger partial charge in [-0.15, -0.1) is 11.3 Å². The second kappa shape index (κ2) is 12.5. The molecule has 1 aromatic heterocycles. The maximum absolute atomic E-state index is 15.0. The molecule has 230 valence electrons. The number of methoxy groups -OCH3 is 2. The Morgan fingerprint density at radius 2 is 1.83 bits per heavy atom. The summed E-state index contributed by atoms with van der Waals surface area (Å²) in [7, 11) is 5.05. The number of rotatable bonds is 9. The van der Waals surface area contributed by atoms with Gasteiger partial charge in [0.25, 0.3) is 5.91 Å². The average molecular weight is 604 g/mol. The first-order valence-corrected chi connectivity index (χ1v) is 15.4. The molecular formula is C30H42FN5O5S. The van der Waals surface area contributed by atoms with Crippen molar-refractivity contribution in [2.75, 3.05) is 65.5 Å². The van der Waals surface area contributed by atoms with Gasteiger partial charge in [0.2, 0.25) is 11.7 Å². The fourth-order valence-corrected chi connectivity index (χ4v) is 7.11. The maximum atomic E-state index is 15.0. The lowest BCUT2D eigenvalue weighted by molar-refractivity contribution is -0.227. The van der Waals surface area contributed by atoms with Crippen molar-refractivity contribution in [3.05, 3.63) is 34.7 Å². The number of thiazole rings is 1. The number of ether oxygens (including phenoxy) is 3. The van der Waals surface area contributed by atoms with Crippen LogP contribution in [0.5, 0.6) is 0 Å². The Morgan fingerprint density at radius 3 is 2.45 bits per heavy atom. The van der Waals surface area contributed by atoms with Crippen molar-refractivity contribution in [3.8, 4) is 11.3 Å². The van der Waals surface area contributed by atoms with E-state index >= 15 is 0 Å². The van der Waals surface area contributed by atoms with Gasteiger partial charge in [0, 0.05) is 56.4 Å². The molecule has 0 saturated carbocycles. The van der Waals surface area contributed by atoms with Crippen LogP contribution in [-0.2, 0) is 19.0 Å². The van der Waals surface area contributed by atoms with E-state index in [1.54, 1.807) is 23.5 Å². The molecule has 12 heteroatoms. The zero-order valence-corrected chi connectivity index (χ0v) is 26.1. The number of alkyl halides is 1. The summed E-state index contributed by atoms with van der Waals surface area (Å²) in [4.78, 5) is 39.3. The topological polar surface area (TPSA) is 96.5 Å². The van der Waals surface area contributed by atoms with E-state index in [4.69, 9.17) is 19.2 Å². The first kappa shape index (κ1) is 30.8. The summed E-state index contributed by atoms with van der Waals surface area (Å²) in [5, 5.41) is 3.94. The van der Waals surface area contributed by atoms with E-state index < -0.39 is 30.1 Å². The summed E-state index contributed by atoms with van der Waals surface area (Å²) < 4.78 is 31.8. The van der Waals surface area contributed by atoms with Crippen molar-refractivity contribution in [2.45, 2.75) is 57.3 Å². The maximum Gasteiger partial charge on any atom is 0.251 e. The van der Waals surface area contributed by atoms with Crippen LogP contribution in [0.3, 0.4) is 0 Å². The normalized spacial score (nSPS) is 24.7. The number of likely N-dealkylation sites (N-methyl/N-ethyl adjacent to an activating group) is 1. The number of aromatic nitrogens is 1. The Bertz CT molecular complexity index is 1260. The number of halogens is 1. The van der Waals surface area contributed by atoms with Gasteiger partial charge >= 0.3 is 0 Å². The van der Waals surface area contributed by atoms with E-state index in [1.165, 1.54) is 19.1 Å². The molecule has 3 fully saturated rings. The molecule has 5 rings (SSSR count). The molecule has 0 unspecified atom stereocenters. The number of fused-ring (bicyclic) bond motifs is 1. The van der Waals surface area contributed by atoms with Gasteiger partial charge in [-0.25, -0.2) is 9.37 Å². The van der Waals surface area contributed by atoms with Crippen molar-refractivity contribution in [1.82, 2.24) is 20.1 Å². The molecule has 2 aromatic rings. The Kier molecular flexibility index (Phi) is 9.19. The third-order valence-corrected chi connectivity index (χ3v) is 9.60. The summed E-state index contributed by atoms with van der Waals surface area (Å²) in [6.07, 6.45) is -1.82. The number of nitrogens with zero attached hydrogens (tertiary/aromatic N) is 4. The van der Waals surface area contributed by atoms with Crippen LogP contribution in [0, 0.1) is 12.8 Å². The highest BCUT2D eigenvalue weighted by Crippen LogP contribution is 2.40. The lowest BCUT2D eigenvalue weighted by Crippen LogP contribution is -2.58. The number of hydrogen-bond acceptors (Lipinski definition) is 9. The van der Waals surface area contributed by atoms with Crippen molar-refractivity contribution in [3.63, 3.8) is 0 Å². The van der Waals surface area contributed by atoms with Gasteiger partial charge in [0.05, 0.1) is 12.2 Å². The van der Waals surface area contributed by atoms with Crippen molar-refractivity contribution < 1.29 is 28.2 Å². The third kappa shape index (κ3) is 5.92. The van der Waals surface area contributed by atoms with Crippen LogP contribution in [0.1, 0.15) is 35.5 Å². The number of amides is 2. The number of anilines is 1. The van der Waals surface area contributed by atoms with Crippen molar-refractivity contribution in [2.24, 2.45) is 5.92 Å². The largest absolute Gasteiger partial charge is 0.367 e. The molecule has 4 atom stereocenters. The predicted molar refractivity (Wildman–Crippen MR) is 160 cm³/mol. The molecule has 4 heterocycles. The number of nitrogens with one attached hydrogen (secondary N) is 1. The zero-order valence-electron chi connectivity index (χ0n) is 25.3. The molecule has 1 aromatic carbocycles. The Morgan fingerprint density at radius 1 is 1.17 bits per heavy atom. The van der Waals surface area contributed by atoms with E-state index in [0.29, 0.717) is 12.0 Å². The minimum Gasteiger partial charge on any atom is -0.367 e. The SMILES string of the molecule is COC1(OC)CO[C@H]2[C@@H]1N(C(=O)[C@H](CC(C)C)NC(=O)c1ccc(-c3nc(N4CCN(C)CC4)sc3C)cc1)C[C@@H]2F. The fourth-order valence-electron chi connectivity index (χ4n) is 6.13. The predicted octanol–water partition coefficient (Wildman–Crippen LogP) is 2.95. The molecule has 3 aliphatic rings. The summed E-state index contributed by atoms with van der Waals surface area (Å²) in [5.74, 6) is -1.89. The van der Waals surface area contributed by atoms with Gasteiger partial charge in [-0.1, -0.05) is 26.0 Å². The van der Waals surface area contributed by atoms with Gasteiger partial charge in [0.1, 0.15) is 31.0 Å². The minimum absolute atomic E-state index is 0.0163. The third-order valence-electron chi connectivity index (χ3n) is 8.57. The molecule has 0 aliphatic carbocycles. The number of carbonyl (C=O) groups excluding carboxylic acids is 2. The Hall–Kier alpha value is -2.64. The summed E-state index contributed by atoms with van der Waals surface area (Å²) in [5.41, 5.74) is 2.28. The lowest BCUT2D eigenvalue weighted by Gasteiger charge is -2.37. The summed E-state index contributed by atoms with van der Waals surface area (Å²) in [6.45, 7) is 9.82. The van der Waals surface area contributed by atoms with Crippen LogP contribution in [0.4, 0.5) is 9.52 Å². The second-order valence-corrected chi connectivity index (χ2v) is 13.1. The van der Waals surface area contributed by atoms with Gasteiger partial charge in [-0.2, -0.15) is 0 Å². The van der Waals surface area contributed by atoms with Gasteiger partial charge < -0.3 is 34.2 Å². The monoisotopic (exact) mass is 603 g/mol. The van der Waals surface area contributed by atoms with Crippen LogP contribution >= 0.6 is 11.3 Å². The number of aryl methyl sites for hydroxylation is 1. The van der Waals surface area contributed by atoms with Gasteiger partial charge in [-0.3, -0.25) is 9.59 Å². The highest BCUT2D eigenvalue weighted by Gasteiger charge is 2.62. The number of carbonyl (C=O) groups is 2. The van der Waals surface area contributed by atoms with Crippen LogP contribution in [0.2, 0.25) is 0 Å². The molecule has 0 bridgehead atoms. The van der Waals surface area contributed by atoms with E-state index in [0.717, 1.165) is 47.4 Å². The van der Waals surface area contributed by atoms with Gasteiger partial charge in [0.15, 0.2) is 5.13 Å². The standard InChI is InChI=1S/C30H42FN5O5S/c1-18(2)15-23(28(38)36-16-22(31)25-26(36)30(39-5,40-6)17-41-25)32-27(37)21-9-7-20(8-10-21)24-19(3)42-29(33-24)35-13-11-34(4)12-14-35/h7-10,18,22-23,25-26H,11-17H2,1-6H3,(H,32,37)/t22-,23-,25+,26-/m0/s1. The average Bonchev–Trinajstić information content (AvgIpc) is 3.66. The molecule has 1 N–H and O–H groups in total. The van der Waals surface area contributed by atoms with Crippen molar-refractivity contribution in [1.29, 1.82) is 0 Å². The smallest absolute Gasteiger partial charge is 0.251 e. The van der Waals surface area contributed by atoms with Crippen LogP contribution in [-0.4, -0.2) is 117 Å². The molecule has 0 radical (unpaired) electrons. The van der Waals surface area contributed by atoms with Crippen LogP contribution in [0.25, 0.3) is 11.3 Å². The molecule has 0 spiro atoms. The Balaban J connectivity index is 1.30. The highest BCUT2D eigenvalue weighted by molar-refractivity contribution is 7.16. The van der Waals surface area contributed by atoms with E-state index in [-0.39, 0.29) is 30.9 Å². The number of benzene rings is 1. The molecular weight excluding hydrogens is 561 g/mol. The fraction of sp³-hybridized carbons (Fsp3) is 0.633. The number of piperazine rings is 1. The number of hydrogen-bond donors (Lipinski definition) is 1. The summed E-state index contributed by atoms with van der Waals surface area (Å²) >= 11 is 1.69. The van der Waals surface area contributed by atoms with E-state index in [1.807, 2.05) is 26.0 Å². The highest BCUT2D eigenvalue weighted by atomic mass is 32.1. The van der Waals surface area contributed by atoms with Crippen molar-refractivity contribution >= 4 is 28.3 Å². The van der Waals surface area contributed by atoms with E-state index in [9.17, 15) is 14.0 Å². The van der Waals surface area contributed by atoms with E-state index in [2.05, 4.69) is 29.1 Å². The molecule has 10 nitrogen and oxygen atoms in total. The number of likely N-dealkylation sites (tertiary alicyclic amines) is 1. The molecule has 3 aliphatic heterocycles. The zero-order chi connectivity index (χ0) is 30.2. The second-order valence-electron chi connectivity index (χ2n) is 11.9. The molecule has 42 heavy (non-hydrogen) atoms. The van der Waals surface area contributed by atoms with Crippen LogP contribution in [0.15, 0.2) is 24.3 Å². The molecule has 3 saturated heterocycles. The molecule has 2 amide bonds. The Labute approximate surface area is 251 Å². The first-order chi connectivity index (χ1) is 20.1. The quantitative estimate of drug-likeness (QED) is 0.438.